The molecule has 10 heteroatoms. The first-order valence-corrected chi connectivity index (χ1v) is 11.8. The lowest BCUT2D eigenvalue weighted by Gasteiger charge is -2.34. The fraction of sp³-hybridized carbons (Fsp3) is 0.500. The second kappa shape index (κ2) is 11.1. The van der Waals surface area contributed by atoms with Crippen LogP contribution in [-0.4, -0.2) is 61.6 Å². The van der Waals surface area contributed by atoms with Crippen molar-refractivity contribution in [3.05, 3.63) is 53.3 Å². The Hall–Kier alpha value is -1.66. The van der Waals surface area contributed by atoms with E-state index < -0.39 is 9.84 Å². The lowest BCUT2D eigenvalue weighted by atomic mass is 10.1. The Morgan fingerprint density at radius 2 is 2.00 bits per heavy atom. The molecule has 1 aliphatic heterocycles. The number of hydrogen-bond donors (Lipinski definition) is 1. The summed E-state index contributed by atoms with van der Waals surface area (Å²) in [5.41, 5.74) is 2.89. The number of hydrogen-bond acceptors (Lipinski definition) is 5. The summed E-state index contributed by atoms with van der Waals surface area (Å²) in [5.74, 6) is 0.910. The molecule has 2 heterocycles. The highest BCUT2D eigenvalue weighted by molar-refractivity contribution is 14.0. The number of guanidine groups is 1. The average molecular weight is 547 g/mol. The Morgan fingerprint density at radius 1 is 1.30 bits per heavy atom. The van der Waals surface area contributed by atoms with Crippen LogP contribution in [-0.2, 0) is 33.9 Å². The van der Waals surface area contributed by atoms with E-state index in [1.807, 2.05) is 43.7 Å². The van der Waals surface area contributed by atoms with Gasteiger partial charge in [-0.3, -0.25) is 4.68 Å². The normalized spacial score (nSPS) is 17.5. The molecule has 0 radical (unpaired) electrons. The topological polar surface area (TPSA) is 88.8 Å². The number of nitrogens with one attached hydrogen (secondary N) is 1. The Balaban J connectivity index is 0.00000320. The van der Waals surface area contributed by atoms with E-state index >= 15 is 0 Å². The van der Waals surface area contributed by atoms with Gasteiger partial charge in [0.25, 0.3) is 0 Å². The van der Waals surface area contributed by atoms with Gasteiger partial charge in [0.05, 0.1) is 31.6 Å². The summed E-state index contributed by atoms with van der Waals surface area (Å²) < 4.78 is 30.6. The van der Waals surface area contributed by atoms with Crippen molar-refractivity contribution in [3.8, 4) is 0 Å². The molecule has 8 nitrogen and oxygen atoms in total. The number of aromatic nitrogens is 2. The monoisotopic (exact) mass is 547 g/mol. The number of morpholine rings is 1. The van der Waals surface area contributed by atoms with Crippen LogP contribution in [0, 0.1) is 0 Å². The molecule has 0 amide bonds. The van der Waals surface area contributed by atoms with E-state index in [4.69, 9.17) is 9.73 Å². The smallest absolute Gasteiger partial charge is 0.194 e. The Labute approximate surface area is 195 Å². The first kappa shape index (κ1) is 24.6. The highest BCUT2D eigenvalue weighted by atomic mass is 127. The van der Waals surface area contributed by atoms with E-state index in [9.17, 15) is 8.42 Å². The summed E-state index contributed by atoms with van der Waals surface area (Å²) in [6.45, 7) is 5.47. The Bertz CT molecular complexity index is 944. The summed E-state index contributed by atoms with van der Waals surface area (Å²) >= 11 is 0. The molecule has 1 aromatic carbocycles. The zero-order valence-corrected chi connectivity index (χ0v) is 20.8. The van der Waals surface area contributed by atoms with Crippen LogP contribution in [0.4, 0.5) is 0 Å². The molecule has 1 saturated heterocycles. The van der Waals surface area contributed by atoms with Crippen molar-refractivity contribution in [2.75, 3.05) is 32.5 Å². The minimum Gasteiger partial charge on any atom is -0.370 e. The number of benzene rings is 1. The summed E-state index contributed by atoms with van der Waals surface area (Å²) in [4.78, 5) is 6.99. The number of ether oxygens (including phenoxy) is 1. The van der Waals surface area contributed by atoms with Crippen LogP contribution in [0.5, 0.6) is 0 Å². The van der Waals surface area contributed by atoms with Gasteiger partial charge >= 0.3 is 0 Å². The third-order valence-electron chi connectivity index (χ3n) is 4.66. The van der Waals surface area contributed by atoms with Crippen molar-refractivity contribution < 1.29 is 13.2 Å². The molecular weight excluding hydrogens is 517 g/mol. The molecule has 1 aliphatic rings. The molecule has 0 aliphatic carbocycles. The Kier molecular flexibility index (Phi) is 9.10. The van der Waals surface area contributed by atoms with Crippen molar-refractivity contribution in [2.45, 2.75) is 25.3 Å². The largest absolute Gasteiger partial charge is 0.370 e. The molecule has 1 N–H and O–H groups in total. The molecule has 1 fully saturated rings. The van der Waals surface area contributed by atoms with Gasteiger partial charge in [-0.05, 0) is 18.1 Å². The highest BCUT2D eigenvalue weighted by Crippen LogP contribution is 2.21. The Morgan fingerprint density at radius 3 is 2.60 bits per heavy atom. The maximum absolute atomic E-state index is 11.4. The fourth-order valence-corrected chi connectivity index (χ4v) is 4.08. The molecular formula is C20H30IN5O3S. The highest BCUT2D eigenvalue weighted by Gasteiger charge is 2.25. The average Bonchev–Trinajstić information content (AvgIpc) is 3.12. The first-order chi connectivity index (χ1) is 13.8. The molecule has 1 unspecified atom stereocenters. The van der Waals surface area contributed by atoms with Gasteiger partial charge in [0.2, 0.25) is 0 Å². The summed E-state index contributed by atoms with van der Waals surface area (Å²) in [6, 6.07) is 7.58. The van der Waals surface area contributed by atoms with Crippen molar-refractivity contribution in [1.82, 2.24) is 20.0 Å². The summed E-state index contributed by atoms with van der Waals surface area (Å²) in [5, 5.41) is 7.60. The molecule has 1 atom stereocenters. The van der Waals surface area contributed by atoms with E-state index in [0.717, 1.165) is 35.7 Å². The fourth-order valence-electron chi connectivity index (χ4n) is 3.29. The van der Waals surface area contributed by atoms with Crippen LogP contribution in [0.2, 0.25) is 0 Å². The van der Waals surface area contributed by atoms with Gasteiger partial charge in [-0.1, -0.05) is 24.3 Å². The standard InChI is InChI=1S/C20H29N5O3S.HI/c1-4-21-20(22-11-16-5-7-17(8-6-16)15-29(3,26)27)25-9-10-28-19(14-25)18-12-23-24(2)13-18;/h5-8,12-13,19H,4,9-11,14-15H2,1-3H3,(H,21,22);1H. The van der Waals surface area contributed by atoms with Crippen LogP contribution in [0.25, 0.3) is 0 Å². The molecule has 2 aromatic rings. The van der Waals surface area contributed by atoms with E-state index in [2.05, 4.69) is 22.2 Å². The van der Waals surface area contributed by atoms with Crippen LogP contribution in [0.1, 0.15) is 29.7 Å². The van der Waals surface area contributed by atoms with Crippen LogP contribution in [0.15, 0.2) is 41.7 Å². The summed E-state index contributed by atoms with van der Waals surface area (Å²) in [7, 11) is -1.13. The first-order valence-electron chi connectivity index (χ1n) is 9.73. The van der Waals surface area contributed by atoms with Crippen molar-refractivity contribution in [1.29, 1.82) is 0 Å². The van der Waals surface area contributed by atoms with Gasteiger partial charge in [-0.15, -0.1) is 24.0 Å². The van der Waals surface area contributed by atoms with Gasteiger partial charge in [-0.25, -0.2) is 13.4 Å². The van der Waals surface area contributed by atoms with Crippen molar-refractivity contribution >= 4 is 39.8 Å². The SMILES string of the molecule is CCNC(=NCc1ccc(CS(C)(=O)=O)cc1)N1CCOC(c2cnn(C)c2)C1.I. The zero-order chi connectivity index (χ0) is 20.9. The van der Waals surface area contributed by atoms with E-state index in [-0.39, 0.29) is 35.8 Å². The van der Waals surface area contributed by atoms with Crippen LogP contribution >= 0.6 is 24.0 Å². The van der Waals surface area contributed by atoms with Crippen molar-refractivity contribution in [3.63, 3.8) is 0 Å². The second-order valence-electron chi connectivity index (χ2n) is 7.31. The van der Waals surface area contributed by atoms with Gasteiger partial charge in [0.1, 0.15) is 6.10 Å². The maximum atomic E-state index is 11.4. The van der Waals surface area contributed by atoms with Crippen molar-refractivity contribution in [2.24, 2.45) is 12.0 Å². The summed E-state index contributed by atoms with van der Waals surface area (Å²) in [6.07, 6.45) is 5.04. The molecule has 3 rings (SSSR count). The number of rotatable bonds is 6. The maximum Gasteiger partial charge on any atom is 0.194 e. The molecule has 30 heavy (non-hydrogen) atoms. The zero-order valence-electron chi connectivity index (χ0n) is 17.6. The predicted molar refractivity (Wildman–Crippen MR) is 129 cm³/mol. The van der Waals surface area contributed by atoms with Gasteiger partial charge < -0.3 is 15.0 Å². The molecule has 166 valence electrons. The van der Waals surface area contributed by atoms with Gasteiger partial charge in [0.15, 0.2) is 15.8 Å². The number of nitrogens with zero attached hydrogens (tertiary/aromatic N) is 4. The van der Waals surface area contributed by atoms with Crippen LogP contribution < -0.4 is 5.32 Å². The third-order valence-corrected chi connectivity index (χ3v) is 5.52. The molecule has 0 saturated carbocycles. The lowest BCUT2D eigenvalue weighted by Crippen LogP contribution is -2.48. The van der Waals surface area contributed by atoms with Gasteiger partial charge in [-0.2, -0.15) is 5.10 Å². The van der Waals surface area contributed by atoms with E-state index in [1.165, 1.54) is 6.26 Å². The molecule has 1 aromatic heterocycles. The van der Waals surface area contributed by atoms with E-state index in [1.54, 1.807) is 4.68 Å². The minimum absolute atomic E-state index is 0. The van der Waals surface area contributed by atoms with Crippen LogP contribution in [0.3, 0.4) is 0 Å². The molecule has 0 bridgehead atoms. The second-order valence-corrected chi connectivity index (χ2v) is 9.45. The number of aryl methyl sites for hydroxylation is 1. The van der Waals surface area contributed by atoms with Gasteiger partial charge in [0, 0.05) is 38.2 Å². The lowest BCUT2D eigenvalue weighted by molar-refractivity contribution is -0.00805. The third kappa shape index (κ3) is 7.24. The predicted octanol–water partition coefficient (Wildman–Crippen LogP) is 2.12. The minimum atomic E-state index is -3.03. The van der Waals surface area contributed by atoms with E-state index in [0.29, 0.717) is 19.7 Å². The number of sulfone groups is 1. The quantitative estimate of drug-likeness (QED) is 0.339. The number of halogens is 1. The molecule has 0 spiro atoms. The number of aliphatic imine (C=N–C) groups is 1.